The number of nitrogens with zero attached hydrogens (tertiary/aromatic N) is 4. The SMILES string of the molecule is CN(C)CC(=O)N1CCC(c2ccccc2)(c2csc(Nc3ccccn3)n2)CC1. The van der Waals surface area contributed by atoms with E-state index >= 15 is 0 Å². The zero-order valence-electron chi connectivity index (χ0n) is 17.4. The molecule has 4 rings (SSSR count). The monoisotopic (exact) mass is 421 g/mol. The molecule has 2 aromatic heterocycles. The molecule has 1 N–H and O–H groups in total. The first-order chi connectivity index (χ1) is 14.6. The third kappa shape index (κ3) is 4.37. The lowest BCUT2D eigenvalue weighted by atomic mass is 9.70. The highest BCUT2D eigenvalue weighted by Gasteiger charge is 2.40. The van der Waals surface area contributed by atoms with Gasteiger partial charge in [0.05, 0.1) is 12.2 Å². The van der Waals surface area contributed by atoms with Crippen molar-refractivity contribution < 1.29 is 4.79 Å². The number of hydrogen-bond donors (Lipinski definition) is 1. The summed E-state index contributed by atoms with van der Waals surface area (Å²) >= 11 is 1.60. The minimum absolute atomic E-state index is 0.184. The van der Waals surface area contributed by atoms with E-state index in [1.807, 2.05) is 48.2 Å². The molecule has 1 fully saturated rings. The quantitative estimate of drug-likeness (QED) is 0.657. The summed E-state index contributed by atoms with van der Waals surface area (Å²) in [4.78, 5) is 25.8. The van der Waals surface area contributed by atoms with Gasteiger partial charge in [-0.05, 0) is 44.6 Å². The summed E-state index contributed by atoms with van der Waals surface area (Å²) in [5.41, 5.74) is 2.15. The molecule has 0 saturated carbocycles. The van der Waals surface area contributed by atoms with E-state index < -0.39 is 0 Å². The molecule has 3 aromatic rings. The van der Waals surface area contributed by atoms with Crippen molar-refractivity contribution in [2.45, 2.75) is 18.3 Å². The van der Waals surface area contributed by atoms with Gasteiger partial charge in [0.2, 0.25) is 5.91 Å². The van der Waals surface area contributed by atoms with E-state index in [1.165, 1.54) is 5.56 Å². The van der Waals surface area contributed by atoms with E-state index in [2.05, 4.69) is 39.9 Å². The molecule has 0 bridgehead atoms. The average molecular weight is 422 g/mol. The smallest absolute Gasteiger partial charge is 0.236 e. The molecule has 1 saturated heterocycles. The fraction of sp³-hybridized carbons (Fsp3) is 0.348. The van der Waals surface area contributed by atoms with Crippen molar-refractivity contribution in [2.75, 3.05) is 39.0 Å². The van der Waals surface area contributed by atoms with Gasteiger partial charge in [0.1, 0.15) is 5.82 Å². The number of nitrogens with one attached hydrogen (secondary N) is 1. The van der Waals surface area contributed by atoms with Gasteiger partial charge < -0.3 is 15.1 Å². The van der Waals surface area contributed by atoms with Crippen LogP contribution in [-0.2, 0) is 10.2 Å². The summed E-state index contributed by atoms with van der Waals surface area (Å²) in [6.45, 7) is 1.93. The van der Waals surface area contributed by atoms with Crippen LogP contribution < -0.4 is 5.32 Å². The molecular weight excluding hydrogens is 394 g/mol. The van der Waals surface area contributed by atoms with Gasteiger partial charge in [-0.25, -0.2) is 9.97 Å². The van der Waals surface area contributed by atoms with Crippen molar-refractivity contribution in [3.63, 3.8) is 0 Å². The Labute approximate surface area is 181 Å². The first-order valence-corrected chi connectivity index (χ1v) is 11.1. The normalized spacial score (nSPS) is 15.9. The second-order valence-corrected chi connectivity index (χ2v) is 8.80. The van der Waals surface area contributed by atoms with E-state index in [0.717, 1.165) is 42.6 Å². The van der Waals surface area contributed by atoms with Crippen molar-refractivity contribution in [3.05, 3.63) is 71.4 Å². The Morgan fingerprint density at radius 3 is 2.53 bits per heavy atom. The van der Waals surface area contributed by atoms with Crippen molar-refractivity contribution >= 4 is 28.2 Å². The second-order valence-electron chi connectivity index (χ2n) is 7.94. The minimum Gasteiger partial charge on any atom is -0.341 e. The second kappa shape index (κ2) is 8.93. The number of benzene rings is 1. The van der Waals surface area contributed by atoms with Gasteiger partial charge in [0.25, 0.3) is 0 Å². The highest BCUT2D eigenvalue weighted by Crippen LogP contribution is 2.42. The summed E-state index contributed by atoms with van der Waals surface area (Å²) in [7, 11) is 3.86. The third-order valence-electron chi connectivity index (χ3n) is 5.64. The van der Waals surface area contributed by atoms with Crippen LogP contribution in [0.25, 0.3) is 0 Å². The predicted molar refractivity (Wildman–Crippen MR) is 121 cm³/mol. The van der Waals surface area contributed by atoms with E-state index in [1.54, 1.807) is 17.5 Å². The lowest BCUT2D eigenvalue weighted by Gasteiger charge is -2.41. The van der Waals surface area contributed by atoms with Gasteiger partial charge >= 0.3 is 0 Å². The Kier molecular flexibility index (Phi) is 6.11. The first-order valence-electron chi connectivity index (χ1n) is 10.2. The van der Waals surface area contributed by atoms with Crippen molar-refractivity contribution in [2.24, 2.45) is 0 Å². The summed E-state index contributed by atoms with van der Waals surface area (Å²) in [6, 6.07) is 16.4. The van der Waals surface area contributed by atoms with Crippen molar-refractivity contribution in [3.8, 4) is 0 Å². The van der Waals surface area contributed by atoms with Gasteiger partial charge in [0, 0.05) is 30.1 Å². The molecule has 3 heterocycles. The van der Waals surface area contributed by atoms with Crippen LogP contribution in [0.1, 0.15) is 24.1 Å². The van der Waals surface area contributed by atoms with Crippen molar-refractivity contribution in [1.29, 1.82) is 0 Å². The molecule has 0 unspecified atom stereocenters. The van der Waals surface area contributed by atoms with Crippen LogP contribution in [0.4, 0.5) is 10.9 Å². The minimum atomic E-state index is -0.184. The van der Waals surface area contributed by atoms with Crippen LogP contribution in [0.5, 0.6) is 0 Å². The highest BCUT2D eigenvalue weighted by atomic mass is 32.1. The number of likely N-dealkylation sites (tertiary alicyclic amines) is 1. The van der Waals surface area contributed by atoms with Crippen LogP contribution in [0, 0.1) is 0 Å². The lowest BCUT2D eigenvalue weighted by Crippen LogP contribution is -2.48. The number of amides is 1. The van der Waals surface area contributed by atoms with Crippen LogP contribution in [0.3, 0.4) is 0 Å². The van der Waals surface area contributed by atoms with E-state index in [0.29, 0.717) is 6.54 Å². The average Bonchev–Trinajstić information content (AvgIpc) is 3.23. The summed E-state index contributed by atoms with van der Waals surface area (Å²) in [5, 5.41) is 6.29. The number of hydrogen-bond acceptors (Lipinski definition) is 6. The van der Waals surface area contributed by atoms with Crippen molar-refractivity contribution in [1.82, 2.24) is 19.8 Å². The number of thiazole rings is 1. The molecule has 30 heavy (non-hydrogen) atoms. The van der Waals surface area contributed by atoms with E-state index in [-0.39, 0.29) is 11.3 Å². The van der Waals surface area contributed by atoms with Crippen LogP contribution in [0.15, 0.2) is 60.1 Å². The topological polar surface area (TPSA) is 61.4 Å². The fourth-order valence-electron chi connectivity index (χ4n) is 4.06. The van der Waals surface area contributed by atoms with Gasteiger partial charge in [-0.1, -0.05) is 36.4 Å². The zero-order valence-corrected chi connectivity index (χ0v) is 18.2. The van der Waals surface area contributed by atoms with E-state index in [4.69, 9.17) is 4.98 Å². The molecule has 1 aliphatic heterocycles. The largest absolute Gasteiger partial charge is 0.341 e. The number of pyridine rings is 1. The summed E-state index contributed by atoms with van der Waals surface area (Å²) in [6.07, 6.45) is 3.49. The lowest BCUT2D eigenvalue weighted by molar-refractivity contribution is -0.133. The van der Waals surface area contributed by atoms with Gasteiger partial charge in [0.15, 0.2) is 5.13 Å². The predicted octanol–water partition coefficient (Wildman–Crippen LogP) is 3.75. The maximum Gasteiger partial charge on any atom is 0.236 e. The Morgan fingerprint density at radius 1 is 1.13 bits per heavy atom. The molecule has 156 valence electrons. The van der Waals surface area contributed by atoms with Crippen LogP contribution >= 0.6 is 11.3 Å². The van der Waals surface area contributed by atoms with Gasteiger partial charge in [-0.2, -0.15) is 0 Å². The zero-order chi connectivity index (χ0) is 21.0. The molecule has 1 amide bonds. The fourth-order valence-corrected chi connectivity index (χ4v) is 4.87. The number of likely N-dealkylation sites (N-methyl/N-ethyl adjacent to an activating group) is 1. The third-order valence-corrected chi connectivity index (χ3v) is 6.40. The summed E-state index contributed by atoms with van der Waals surface area (Å²) in [5.74, 6) is 0.980. The standard InChI is InChI=1S/C23H27N5OS/c1-27(2)16-21(29)28-14-11-23(12-15-28,18-8-4-3-5-9-18)19-17-30-22(25-19)26-20-10-6-7-13-24-20/h3-10,13,17H,11-12,14-16H2,1-2H3,(H,24,25,26). The number of aromatic nitrogens is 2. The number of rotatable bonds is 6. The van der Waals surface area contributed by atoms with E-state index in [9.17, 15) is 4.79 Å². The van der Waals surface area contributed by atoms with Crippen LogP contribution in [0.2, 0.25) is 0 Å². The molecule has 0 aliphatic carbocycles. The summed E-state index contributed by atoms with van der Waals surface area (Å²) < 4.78 is 0. The number of anilines is 2. The molecule has 0 atom stereocenters. The molecule has 1 aliphatic rings. The molecule has 7 heteroatoms. The molecule has 6 nitrogen and oxygen atoms in total. The number of carbonyl (C=O) groups is 1. The maximum absolute atomic E-state index is 12.6. The molecule has 0 spiro atoms. The Morgan fingerprint density at radius 2 is 1.87 bits per heavy atom. The molecule has 0 radical (unpaired) electrons. The van der Waals surface area contributed by atoms with Crippen LogP contribution in [-0.4, -0.2) is 59.4 Å². The Hall–Kier alpha value is -2.77. The number of carbonyl (C=O) groups excluding carboxylic acids is 1. The van der Waals surface area contributed by atoms with Gasteiger partial charge in [-0.15, -0.1) is 11.3 Å². The maximum atomic E-state index is 12.6. The number of piperidine rings is 1. The molecule has 1 aromatic carbocycles. The Bertz CT molecular complexity index is 966. The Balaban J connectivity index is 1.59. The first kappa shape index (κ1) is 20.5. The highest BCUT2D eigenvalue weighted by molar-refractivity contribution is 7.13. The molecular formula is C23H27N5OS. The van der Waals surface area contributed by atoms with Gasteiger partial charge in [-0.3, -0.25) is 4.79 Å².